The van der Waals surface area contributed by atoms with E-state index in [-0.39, 0.29) is 42.6 Å². The molecule has 2 heterocycles. The fraction of sp³-hybridized carbons (Fsp3) is 0.321. The number of para-hydroxylation sites is 1. The van der Waals surface area contributed by atoms with Gasteiger partial charge in [-0.3, -0.25) is 24.4 Å². The van der Waals surface area contributed by atoms with Crippen LogP contribution in [0.3, 0.4) is 0 Å². The van der Waals surface area contributed by atoms with Gasteiger partial charge in [-0.1, -0.05) is 56.3 Å². The maximum Gasteiger partial charge on any atom is 0.277 e. The largest absolute Gasteiger partial charge is 0.384 e. The molecule has 3 aromatic rings. The lowest BCUT2D eigenvalue weighted by molar-refractivity contribution is -0.125. The number of anilines is 2. The molecule has 1 aliphatic heterocycles. The van der Waals surface area contributed by atoms with E-state index in [1.54, 1.807) is 36.4 Å². The molecule has 6 N–H and O–H groups in total. The van der Waals surface area contributed by atoms with Gasteiger partial charge in [0.05, 0.1) is 6.20 Å². The molecular weight excluding hydrogens is 482 g/mol. The number of amides is 2. The lowest BCUT2D eigenvalue weighted by Gasteiger charge is -2.22. The van der Waals surface area contributed by atoms with E-state index in [0.29, 0.717) is 29.3 Å². The topological polar surface area (TPSA) is 155 Å². The number of carbonyl (C=O) groups is 2. The van der Waals surface area contributed by atoms with Crippen molar-refractivity contribution < 1.29 is 9.59 Å². The highest BCUT2D eigenvalue weighted by Crippen LogP contribution is 2.42. The smallest absolute Gasteiger partial charge is 0.277 e. The molecule has 1 aliphatic rings. The number of amidine groups is 1. The van der Waals surface area contributed by atoms with Gasteiger partial charge in [-0.05, 0) is 30.5 Å². The molecule has 0 saturated carbocycles. The van der Waals surface area contributed by atoms with E-state index in [2.05, 4.69) is 20.9 Å². The first-order valence-electron chi connectivity index (χ1n) is 12.6. The Labute approximate surface area is 221 Å². The first-order valence-corrected chi connectivity index (χ1v) is 12.6. The number of carbonyl (C=O) groups excluding carboxylic acids is 2. The van der Waals surface area contributed by atoms with Crippen molar-refractivity contribution >= 4 is 29.0 Å². The molecule has 1 aromatic heterocycles. The van der Waals surface area contributed by atoms with Crippen molar-refractivity contribution in [3.8, 4) is 0 Å². The minimum absolute atomic E-state index is 0.0295. The van der Waals surface area contributed by atoms with E-state index in [1.165, 1.54) is 10.8 Å². The molecule has 4 rings (SSSR count). The molecule has 198 valence electrons. The summed E-state index contributed by atoms with van der Waals surface area (Å²) in [5.74, 6) is -0.165. The van der Waals surface area contributed by atoms with Crippen LogP contribution in [0.5, 0.6) is 0 Å². The normalized spacial score (nSPS) is 17.9. The summed E-state index contributed by atoms with van der Waals surface area (Å²) in [6.07, 6.45) is 2.63. The summed E-state index contributed by atoms with van der Waals surface area (Å²) >= 11 is 0. The van der Waals surface area contributed by atoms with Crippen LogP contribution in [0.1, 0.15) is 56.1 Å². The van der Waals surface area contributed by atoms with Crippen LogP contribution in [-0.4, -0.2) is 33.7 Å². The molecule has 10 heteroatoms. The van der Waals surface area contributed by atoms with Crippen molar-refractivity contribution in [3.63, 3.8) is 0 Å². The zero-order valence-electron chi connectivity index (χ0n) is 21.6. The zero-order valence-corrected chi connectivity index (χ0v) is 21.6. The van der Waals surface area contributed by atoms with Crippen molar-refractivity contribution in [3.05, 3.63) is 88.1 Å². The zero-order chi connectivity index (χ0) is 27.3. The molecule has 38 heavy (non-hydrogen) atoms. The van der Waals surface area contributed by atoms with Crippen molar-refractivity contribution in [2.24, 2.45) is 5.73 Å². The minimum atomic E-state index is -0.827. The van der Waals surface area contributed by atoms with Gasteiger partial charge in [0.25, 0.3) is 5.56 Å². The Bertz CT molecular complexity index is 1390. The van der Waals surface area contributed by atoms with Crippen molar-refractivity contribution in [1.82, 2.24) is 14.9 Å². The molecule has 0 fully saturated rings. The molecule has 0 unspecified atom stereocenters. The number of benzene rings is 2. The average molecular weight is 516 g/mol. The first kappa shape index (κ1) is 26.6. The van der Waals surface area contributed by atoms with Crippen molar-refractivity contribution in [2.75, 3.05) is 17.2 Å². The molecular formula is C28H33N7O3. The van der Waals surface area contributed by atoms with Gasteiger partial charge in [-0.2, -0.15) is 0 Å². The maximum atomic E-state index is 13.5. The van der Waals surface area contributed by atoms with Gasteiger partial charge in [-0.15, -0.1) is 0 Å². The second-order valence-electron chi connectivity index (χ2n) is 9.80. The van der Waals surface area contributed by atoms with Gasteiger partial charge in [0.2, 0.25) is 11.8 Å². The van der Waals surface area contributed by atoms with Gasteiger partial charge < -0.3 is 21.7 Å². The van der Waals surface area contributed by atoms with Crippen LogP contribution in [0.2, 0.25) is 0 Å². The summed E-state index contributed by atoms with van der Waals surface area (Å²) in [5.41, 5.74) is 6.78. The average Bonchev–Trinajstić information content (AvgIpc) is 3.20. The molecule has 0 bridgehead atoms. The summed E-state index contributed by atoms with van der Waals surface area (Å²) in [6, 6.07) is 15.3. The number of hydrogen-bond donors (Lipinski definition) is 5. The Hall–Kier alpha value is -4.47. The van der Waals surface area contributed by atoms with Crippen molar-refractivity contribution in [1.29, 1.82) is 5.41 Å². The number of aromatic nitrogens is 2. The van der Waals surface area contributed by atoms with Gasteiger partial charge >= 0.3 is 0 Å². The summed E-state index contributed by atoms with van der Waals surface area (Å²) in [4.78, 5) is 44.4. The van der Waals surface area contributed by atoms with Crippen LogP contribution in [0.4, 0.5) is 11.4 Å². The van der Waals surface area contributed by atoms with Gasteiger partial charge in [0.1, 0.15) is 23.4 Å². The van der Waals surface area contributed by atoms with E-state index in [0.717, 1.165) is 12.0 Å². The first-order chi connectivity index (χ1) is 18.2. The molecule has 0 radical (unpaired) electrons. The monoisotopic (exact) mass is 515 g/mol. The number of nitrogens with two attached hydrogens (primary N) is 1. The van der Waals surface area contributed by atoms with Gasteiger partial charge in [-0.25, -0.2) is 4.98 Å². The highest BCUT2D eigenvalue weighted by Gasteiger charge is 2.46. The van der Waals surface area contributed by atoms with Crippen molar-refractivity contribution in [2.45, 2.75) is 51.1 Å². The second-order valence-corrected chi connectivity index (χ2v) is 9.80. The highest BCUT2D eigenvalue weighted by molar-refractivity contribution is 5.95. The quantitative estimate of drug-likeness (QED) is 0.207. The third-order valence-electron chi connectivity index (χ3n) is 6.70. The Morgan fingerprint density at radius 1 is 1.16 bits per heavy atom. The summed E-state index contributed by atoms with van der Waals surface area (Å²) in [7, 11) is 0. The van der Waals surface area contributed by atoms with Crippen LogP contribution in [0, 0.1) is 5.41 Å². The van der Waals surface area contributed by atoms with E-state index in [9.17, 15) is 14.4 Å². The summed E-state index contributed by atoms with van der Waals surface area (Å²) < 4.78 is 1.43. The van der Waals surface area contributed by atoms with E-state index < -0.39 is 11.5 Å². The Kier molecular flexibility index (Phi) is 7.90. The molecule has 2 amide bonds. The Balaban J connectivity index is 1.58. The van der Waals surface area contributed by atoms with E-state index in [1.807, 2.05) is 32.0 Å². The molecule has 10 nitrogen and oxygen atoms in total. The third-order valence-corrected chi connectivity index (χ3v) is 6.70. The number of fused-ring (bicyclic) bond motifs is 1. The van der Waals surface area contributed by atoms with Crippen LogP contribution in [0.25, 0.3) is 0 Å². The number of nitrogens with zero attached hydrogens (tertiary/aromatic N) is 2. The predicted molar refractivity (Wildman–Crippen MR) is 147 cm³/mol. The lowest BCUT2D eigenvalue weighted by Crippen LogP contribution is -2.36. The molecule has 2 aromatic carbocycles. The fourth-order valence-electron chi connectivity index (χ4n) is 4.75. The molecule has 0 spiro atoms. The van der Waals surface area contributed by atoms with Crippen LogP contribution >= 0.6 is 0 Å². The fourth-order valence-corrected chi connectivity index (χ4v) is 4.75. The number of rotatable bonds is 10. The molecule has 2 atom stereocenters. The number of nitrogens with one attached hydrogen (secondary N) is 4. The van der Waals surface area contributed by atoms with Crippen LogP contribution in [0.15, 0.2) is 65.6 Å². The summed E-state index contributed by atoms with van der Waals surface area (Å²) in [6.45, 7) is 4.69. The van der Waals surface area contributed by atoms with Gasteiger partial charge in [0, 0.05) is 36.2 Å². The lowest BCUT2D eigenvalue weighted by atomic mass is 9.82. The van der Waals surface area contributed by atoms with Crippen LogP contribution < -0.4 is 27.2 Å². The second kappa shape index (κ2) is 11.3. The van der Waals surface area contributed by atoms with E-state index >= 15 is 0 Å². The Morgan fingerprint density at radius 3 is 2.53 bits per heavy atom. The summed E-state index contributed by atoms with van der Waals surface area (Å²) in [5, 5.41) is 16.4. The molecule has 0 aliphatic carbocycles. The standard InChI is InChI=1S/C28H33N7O3/c1-3-13-31-21-17-33-27-28(2,15-23(36)34-20-7-5-4-6-8-20)14-22(35(27)26(21)38)25(37)32-16-18-9-11-19(12-10-18)24(29)30/h4-12,17,22,31H,3,13-16H2,1-2H3,(H3,29,30)(H,32,37)(H,34,36)/t22-,28+/m1/s1. The number of nitrogen functional groups attached to an aromatic ring is 1. The molecule has 0 saturated heterocycles. The number of hydrogen-bond acceptors (Lipinski definition) is 6. The maximum absolute atomic E-state index is 13.5. The van der Waals surface area contributed by atoms with Crippen LogP contribution in [-0.2, 0) is 21.5 Å². The predicted octanol–water partition coefficient (Wildman–Crippen LogP) is 2.90. The SMILES string of the molecule is CCCNc1cnc2n(c1=O)[C@@H](C(=O)NCc1ccc(C(=N)N)cc1)C[C@@]2(C)CC(=O)Nc1ccccc1. The van der Waals surface area contributed by atoms with E-state index in [4.69, 9.17) is 11.1 Å². The highest BCUT2D eigenvalue weighted by atomic mass is 16.2. The minimum Gasteiger partial charge on any atom is -0.384 e. The third kappa shape index (κ3) is 5.74. The van der Waals surface area contributed by atoms with Gasteiger partial charge in [0.15, 0.2) is 0 Å². The Morgan fingerprint density at radius 2 is 1.87 bits per heavy atom.